The summed E-state index contributed by atoms with van der Waals surface area (Å²) in [5.74, 6) is 0.535. The highest BCUT2D eigenvalue weighted by molar-refractivity contribution is 7.86. The van der Waals surface area contributed by atoms with Crippen molar-refractivity contribution in [3.8, 4) is 5.75 Å². The predicted octanol–water partition coefficient (Wildman–Crippen LogP) is 0.497. The van der Waals surface area contributed by atoms with Gasteiger partial charge in [-0.2, -0.15) is 17.0 Å². The predicted molar refractivity (Wildman–Crippen MR) is 103 cm³/mol. The van der Waals surface area contributed by atoms with Gasteiger partial charge in [0.2, 0.25) is 5.91 Å². The average Bonchev–Trinajstić information content (AvgIpc) is 2.57. The number of hydrogen-bond donors (Lipinski definition) is 1. The molecular weight excluding hydrogens is 370 g/mol. The van der Waals surface area contributed by atoms with Crippen LogP contribution in [-0.4, -0.2) is 77.0 Å². The van der Waals surface area contributed by atoms with Gasteiger partial charge in [-0.05, 0) is 31.0 Å². The van der Waals surface area contributed by atoms with E-state index in [0.29, 0.717) is 18.8 Å². The molecule has 2 rings (SSSR count). The number of methoxy groups -OCH3 is 2. The van der Waals surface area contributed by atoms with Crippen molar-refractivity contribution in [2.75, 3.05) is 48.0 Å². The maximum Gasteiger partial charge on any atom is 0.281 e. The molecular formula is C18H29N3O5S. The summed E-state index contributed by atoms with van der Waals surface area (Å²) in [5, 5.41) is 2.94. The fraction of sp³-hybridized carbons (Fsp3) is 0.611. The minimum absolute atomic E-state index is 0.135. The molecule has 1 amide bonds. The van der Waals surface area contributed by atoms with Crippen molar-refractivity contribution in [2.45, 2.75) is 19.4 Å². The molecule has 0 spiro atoms. The van der Waals surface area contributed by atoms with Gasteiger partial charge in [0.05, 0.1) is 19.1 Å². The Morgan fingerprint density at radius 3 is 2.56 bits per heavy atom. The summed E-state index contributed by atoms with van der Waals surface area (Å²) < 4.78 is 37.6. The number of nitrogens with one attached hydrogen (secondary N) is 1. The van der Waals surface area contributed by atoms with Crippen LogP contribution in [0.1, 0.15) is 12.5 Å². The maximum absolute atomic E-state index is 13.0. The van der Waals surface area contributed by atoms with Crippen molar-refractivity contribution < 1.29 is 22.7 Å². The monoisotopic (exact) mass is 399 g/mol. The molecule has 1 aliphatic rings. The van der Waals surface area contributed by atoms with Crippen LogP contribution in [0, 0.1) is 5.41 Å². The molecule has 0 aliphatic carbocycles. The number of carbonyl (C=O) groups excluding carboxylic acids is 1. The molecule has 1 aromatic carbocycles. The quantitative estimate of drug-likeness (QED) is 0.653. The second kappa shape index (κ2) is 8.55. The van der Waals surface area contributed by atoms with Crippen molar-refractivity contribution in [1.82, 2.24) is 13.9 Å². The lowest BCUT2D eigenvalue weighted by molar-refractivity contribution is -0.138. The third-order valence-electron chi connectivity index (χ3n) is 4.70. The normalized spacial score (nSPS) is 18.0. The highest BCUT2D eigenvalue weighted by Crippen LogP contribution is 2.37. The van der Waals surface area contributed by atoms with E-state index in [1.54, 1.807) is 14.2 Å². The van der Waals surface area contributed by atoms with Gasteiger partial charge >= 0.3 is 0 Å². The van der Waals surface area contributed by atoms with Crippen LogP contribution in [0.25, 0.3) is 0 Å². The van der Waals surface area contributed by atoms with Crippen LogP contribution < -0.4 is 10.1 Å². The zero-order valence-electron chi connectivity index (χ0n) is 16.6. The number of rotatable bonds is 9. The van der Waals surface area contributed by atoms with Crippen molar-refractivity contribution in [2.24, 2.45) is 5.41 Å². The van der Waals surface area contributed by atoms with Gasteiger partial charge in [-0.25, -0.2) is 0 Å². The topological polar surface area (TPSA) is 88.2 Å². The number of amides is 1. The van der Waals surface area contributed by atoms with E-state index in [4.69, 9.17) is 9.47 Å². The minimum atomic E-state index is -3.55. The fourth-order valence-corrected chi connectivity index (χ4v) is 4.48. The largest absolute Gasteiger partial charge is 0.497 e. The van der Waals surface area contributed by atoms with Crippen LogP contribution in [0.5, 0.6) is 5.75 Å². The Labute approximate surface area is 161 Å². The first-order valence-electron chi connectivity index (χ1n) is 8.75. The molecule has 0 radical (unpaired) electrons. The van der Waals surface area contributed by atoms with E-state index in [1.807, 2.05) is 31.2 Å². The smallest absolute Gasteiger partial charge is 0.281 e. The molecule has 1 fully saturated rings. The molecule has 0 saturated carbocycles. The van der Waals surface area contributed by atoms with Gasteiger partial charge in [0.1, 0.15) is 5.75 Å². The van der Waals surface area contributed by atoms with Gasteiger partial charge in [-0.1, -0.05) is 12.1 Å². The molecule has 1 unspecified atom stereocenters. The van der Waals surface area contributed by atoms with Crippen LogP contribution in [0.15, 0.2) is 24.3 Å². The number of nitrogens with zero attached hydrogens (tertiary/aromatic N) is 2. The SMILES string of the molecule is COCC(C)NC(=O)C1(Cc2cccc(OC)c2)CN(S(=O)(=O)N(C)C)C1. The summed E-state index contributed by atoms with van der Waals surface area (Å²) in [7, 11) is 2.58. The van der Waals surface area contributed by atoms with E-state index < -0.39 is 15.6 Å². The van der Waals surface area contributed by atoms with Crippen molar-refractivity contribution >= 4 is 16.1 Å². The maximum atomic E-state index is 13.0. The number of benzene rings is 1. The second-order valence-corrected chi connectivity index (χ2v) is 9.34. The first-order chi connectivity index (χ1) is 12.6. The molecule has 1 atom stereocenters. The molecule has 1 aromatic rings. The average molecular weight is 400 g/mol. The lowest BCUT2D eigenvalue weighted by Crippen LogP contribution is -2.67. The molecule has 8 nitrogen and oxygen atoms in total. The Morgan fingerprint density at radius 1 is 1.33 bits per heavy atom. The first-order valence-corrected chi connectivity index (χ1v) is 10.1. The molecule has 1 saturated heterocycles. The molecule has 0 aromatic heterocycles. The number of hydrogen-bond acceptors (Lipinski definition) is 5. The van der Waals surface area contributed by atoms with Gasteiger partial charge in [0.15, 0.2) is 0 Å². The fourth-order valence-electron chi connectivity index (χ4n) is 3.20. The Bertz CT molecular complexity index is 760. The van der Waals surface area contributed by atoms with Gasteiger partial charge in [-0.15, -0.1) is 0 Å². The second-order valence-electron chi connectivity index (χ2n) is 7.20. The van der Waals surface area contributed by atoms with E-state index in [2.05, 4.69) is 5.32 Å². The molecule has 1 aliphatic heterocycles. The van der Waals surface area contributed by atoms with Crippen LogP contribution in [0.3, 0.4) is 0 Å². The first kappa shape index (κ1) is 21.6. The Balaban J connectivity index is 2.23. The zero-order valence-corrected chi connectivity index (χ0v) is 17.4. The molecule has 1 heterocycles. The van der Waals surface area contributed by atoms with Gasteiger partial charge < -0.3 is 14.8 Å². The molecule has 1 N–H and O–H groups in total. The Hall–Kier alpha value is -1.68. The highest BCUT2D eigenvalue weighted by atomic mass is 32.2. The summed E-state index contributed by atoms with van der Waals surface area (Å²) >= 11 is 0. The lowest BCUT2D eigenvalue weighted by Gasteiger charge is -2.48. The van der Waals surface area contributed by atoms with E-state index in [1.165, 1.54) is 18.4 Å². The van der Waals surface area contributed by atoms with Gasteiger partial charge in [-0.3, -0.25) is 4.79 Å². The van der Waals surface area contributed by atoms with Crippen molar-refractivity contribution in [3.63, 3.8) is 0 Å². The number of carbonyl (C=O) groups is 1. The van der Waals surface area contributed by atoms with E-state index in [9.17, 15) is 13.2 Å². The lowest BCUT2D eigenvalue weighted by atomic mass is 9.75. The number of ether oxygens (including phenoxy) is 2. The third kappa shape index (κ3) is 4.78. The molecule has 27 heavy (non-hydrogen) atoms. The Morgan fingerprint density at radius 2 is 2.00 bits per heavy atom. The standard InChI is InChI=1S/C18H29N3O5S/c1-14(11-25-4)19-17(22)18(10-15-7-6-8-16(9-15)26-5)12-21(13-18)27(23,24)20(2)3/h6-9,14H,10-13H2,1-5H3,(H,19,22). The van der Waals surface area contributed by atoms with Crippen LogP contribution in [-0.2, 0) is 26.2 Å². The zero-order chi connectivity index (χ0) is 20.2. The van der Waals surface area contributed by atoms with Gasteiger partial charge in [0.25, 0.3) is 10.2 Å². The van der Waals surface area contributed by atoms with Crippen LogP contribution in [0.2, 0.25) is 0 Å². The summed E-state index contributed by atoms with van der Waals surface area (Å²) in [6.45, 7) is 2.51. The van der Waals surface area contributed by atoms with E-state index in [-0.39, 0.29) is 25.0 Å². The molecule has 0 bridgehead atoms. The summed E-state index contributed by atoms with van der Waals surface area (Å²) in [6.07, 6.45) is 0.426. The Kier molecular flexibility index (Phi) is 6.85. The summed E-state index contributed by atoms with van der Waals surface area (Å²) in [5.41, 5.74) is 0.100. The van der Waals surface area contributed by atoms with E-state index in [0.717, 1.165) is 9.87 Å². The molecule has 152 valence electrons. The van der Waals surface area contributed by atoms with Gasteiger partial charge in [0, 0.05) is 40.3 Å². The summed E-state index contributed by atoms with van der Waals surface area (Å²) in [6, 6.07) is 7.32. The minimum Gasteiger partial charge on any atom is -0.497 e. The van der Waals surface area contributed by atoms with Crippen LogP contribution >= 0.6 is 0 Å². The van der Waals surface area contributed by atoms with Crippen molar-refractivity contribution in [1.29, 1.82) is 0 Å². The molecule has 9 heteroatoms. The highest BCUT2D eigenvalue weighted by Gasteiger charge is 2.53. The van der Waals surface area contributed by atoms with Crippen molar-refractivity contribution in [3.05, 3.63) is 29.8 Å². The van der Waals surface area contributed by atoms with E-state index >= 15 is 0 Å². The third-order valence-corrected chi connectivity index (χ3v) is 6.53. The summed E-state index contributed by atoms with van der Waals surface area (Å²) in [4.78, 5) is 13.0. The van der Waals surface area contributed by atoms with Crippen LogP contribution in [0.4, 0.5) is 0 Å².